The minimum atomic E-state index is 0.0739. The van der Waals surface area contributed by atoms with E-state index in [0.717, 1.165) is 12.0 Å². The van der Waals surface area contributed by atoms with Crippen molar-refractivity contribution in [3.05, 3.63) is 46.7 Å². The Bertz CT molecular complexity index is 387. The van der Waals surface area contributed by atoms with Crippen molar-refractivity contribution in [3.8, 4) is 0 Å². The number of hydrogen-bond donors (Lipinski definition) is 2. The standard InChI is InChI=1S/C10H12N4S/c11-14-10(4-9-2-1-3-15-9)8-5-12-7-13-6-8/h1-3,5-7,10,14H,4,11H2. The summed E-state index contributed by atoms with van der Waals surface area (Å²) in [6.07, 6.45) is 5.94. The van der Waals surface area contributed by atoms with Crippen LogP contribution < -0.4 is 11.3 Å². The Morgan fingerprint density at radius 1 is 1.40 bits per heavy atom. The van der Waals surface area contributed by atoms with Gasteiger partial charge < -0.3 is 0 Å². The first-order chi connectivity index (χ1) is 7.40. The highest BCUT2D eigenvalue weighted by atomic mass is 32.1. The topological polar surface area (TPSA) is 63.8 Å². The van der Waals surface area contributed by atoms with E-state index in [1.54, 1.807) is 23.7 Å². The molecule has 4 nitrogen and oxygen atoms in total. The molecule has 15 heavy (non-hydrogen) atoms. The van der Waals surface area contributed by atoms with Gasteiger partial charge in [0.05, 0.1) is 6.04 Å². The molecule has 0 amide bonds. The Labute approximate surface area is 92.2 Å². The van der Waals surface area contributed by atoms with Crippen LogP contribution in [0.2, 0.25) is 0 Å². The molecular formula is C10H12N4S. The van der Waals surface area contributed by atoms with Gasteiger partial charge in [0.25, 0.3) is 0 Å². The molecule has 0 aliphatic carbocycles. The van der Waals surface area contributed by atoms with Gasteiger partial charge in [-0.15, -0.1) is 11.3 Å². The van der Waals surface area contributed by atoms with Crippen molar-refractivity contribution in [1.82, 2.24) is 15.4 Å². The Morgan fingerprint density at radius 3 is 2.80 bits per heavy atom. The average molecular weight is 220 g/mol. The molecule has 0 spiro atoms. The molecule has 2 heterocycles. The fourth-order valence-electron chi connectivity index (χ4n) is 1.39. The lowest BCUT2D eigenvalue weighted by atomic mass is 10.1. The van der Waals surface area contributed by atoms with Gasteiger partial charge in [0, 0.05) is 29.3 Å². The molecule has 3 N–H and O–H groups in total. The van der Waals surface area contributed by atoms with Crippen LogP contribution in [0, 0.1) is 0 Å². The molecular weight excluding hydrogens is 208 g/mol. The summed E-state index contributed by atoms with van der Waals surface area (Å²) >= 11 is 1.72. The zero-order valence-electron chi connectivity index (χ0n) is 8.13. The van der Waals surface area contributed by atoms with E-state index in [2.05, 4.69) is 26.8 Å². The molecule has 0 bridgehead atoms. The lowest BCUT2D eigenvalue weighted by Crippen LogP contribution is -2.29. The molecule has 0 radical (unpaired) electrons. The summed E-state index contributed by atoms with van der Waals surface area (Å²) in [5.41, 5.74) is 3.79. The van der Waals surface area contributed by atoms with E-state index in [-0.39, 0.29) is 6.04 Å². The molecule has 0 aromatic carbocycles. The Morgan fingerprint density at radius 2 is 2.20 bits per heavy atom. The van der Waals surface area contributed by atoms with Gasteiger partial charge >= 0.3 is 0 Å². The number of rotatable bonds is 4. The summed E-state index contributed by atoms with van der Waals surface area (Å²) in [5, 5.41) is 2.06. The van der Waals surface area contributed by atoms with E-state index in [0.29, 0.717) is 0 Å². The second-order valence-electron chi connectivity index (χ2n) is 3.17. The third-order valence-electron chi connectivity index (χ3n) is 2.17. The lowest BCUT2D eigenvalue weighted by Gasteiger charge is -2.13. The predicted octanol–water partition coefficient (Wildman–Crippen LogP) is 1.29. The molecule has 2 rings (SSSR count). The smallest absolute Gasteiger partial charge is 0.115 e. The predicted molar refractivity (Wildman–Crippen MR) is 60.1 cm³/mol. The molecule has 0 aliphatic heterocycles. The van der Waals surface area contributed by atoms with Crippen LogP contribution in [-0.2, 0) is 6.42 Å². The summed E-state index contributed by atoms with van der Waals surface area (Å²) < 4.78 is 0. The lowest BCUT2D eigenvalue weighted by molar-refractivity contribution is 0.552. The number of nitrogens with one attached hydrogen (secondary N) is 1. The quantitative estimate of drug-likeness (QED) is 0.602. The van der Waals surface area contributed by atoms with E-state index >= 15 is 0 Å². The normalized spacial score (nSPS) is 12.6. The summed E-state index contributed by atoms with van der Waals surface area (Å²) in [7, 11) is 0. The van der Waals surface area contributed by atoms with Gasteiger partial charge in [0.15, 0.2) is 0 Å². The zero-order chi connectivity index (χ0) is 10.5. The van der Waals surface area contributed by atoms with Crippen LogP contribution in [-0.4, -0.2) is 9.97 Å². The van der Waals surface area contributed by atoms with Gasteiger partial charge in [0.2, 0.25) is 0 Å². The van der Waals surface area contributed by atoms with Gasteiger partial charge in [-0.2, -0.15) is 0 Å². The summed E-state index contributed by atoms with van der Waals surface area (Å²) in [6, 6.07) is 4.21. The molecule has 2 aromatic rings. The first-order valence-corrected chi connectivity index (χ1v) is 5.51. The fraction of sp³-hybridized carbons (Fsp3) is 0.200. The molecule has 0 aliphatic rings. The highest BCUT2D eigenvalue weighted by molar-refractivity contribution is 7.09. The van der Waals surface area contributed by atoms with Crippen molar-refractivity contribution in [2.45, 2.75) is 12.5 Å². The minimum Gasteiger partial charge on any atom is -0.271 e. The highest BCUT2D eigenvalue weighted by Crippen LogP contribution is 2.19. The van der Waals surface area contributed by atoms with Crippen molar-refractivity contribution in [2.24, 2.45) is 5.84 Å². The number of thiophene rings is 1. The van der Waals surface area contributed by atoms with Crippen LogP contribution in [0.5, 0.6) is 0 Å². The number of hydrazine groups is 1. The third kappa shape index (κ3) is 2.59. The van der Waals surface area contributed by atoms with Crippen molar-refractivity contribution < 1.29 is 0 Å². The SMILES string of the molecule is NNC(Cc1cccs1)c1cncnc1. The Balaban J connectivity index is 2.12. The van der Waals surface area contributed by atoms with Gasteiger partial charge in [-0.25, -0.2) is 9.97 Å². The van der Waals surface area contributed by atoms with E-state index < -0.39 is 0 Å². The van der Waals surface area contributed by atoms with Crippen molar-refractivity contribution in [2.75, 3.05) is 0 Å². The number of nitrogens with zero attached hydrogens (tertiary/aromatic N) is 2. The van der Waals surface area contributed by atoms with Crippen molar-refractivity contribution in [1.29, 1.82) is 0 Å². The van der Waals surface area contributed by atoms with E-state index in [1.807, 2.05) is 6.07 Å². The van der Waals surface area contributed by atoms with Crippen molar-refractivity contribution >= 4 is 11.3 Å². The van der Waals surface area contributed by atoms with Crippen molar-refractivity contribution in [3.63, 3.8) is 0 Å². The Kier molecular flexibility index (Phi) is 3.39. The van der Waals surface area contributed by atoms with Crippen LogP contribution in [0.4, 0.5) is 0 Å². The first kappa shape index (κ1) is 10.2. The number of nitrogens with two attached hydrogens (primary N) is 1. The second-order valence-corrected chi connectivity index (χ2v) is 4.21. The maximum Gasteiger partial charge on any atom is 0.115 e. The van der Waals surface area contributed by atoms with Crippen LogP contribution in [0.15, 0.2) is 36.2 Å². The first-order valence-electron chi connectivity index (χ1n) is 4.63. The van der Waals surface area contributed by atoms with Crippen LogP contribution in [0.3, 0.4) is 0 Å². The second kappa shape index (κ2) is 4.97. The minimum absolute atomic E-state index is 0.0739. The molecule has 0 saturated heterocycles. The average Bonchev–Trinajstić information content (AvgIpc) is 2.80. The van der Waals surface area contributed by atoms with Crippen LogP contribution >= 0.6 is 11.3 Å². The molecule has 5 heteroatoms. The fourth-order valence-corrected chi connectivity index (χ4v) is 2.15. The molecule has 0 saturated carbocycles. The van der Waals surface area contributed by atoms with E-state index in [4.69, 9.17) is 5.84 Å². The zero-order valence-corrected chi connectivity index (χ0v) is 8.95. The molecule has 1 unspecified atom stereocenters. The van der Waals surface area contributed by atoms with Gasteiger partial charge in [-0.3, -0.25) is 11.3 Å². The van der Waals surface area contributed by atoms with E-state index in [1.165, 1.54) is 11.2 Å². The Hall–Kier alpha value is -1.30. The van der Waals surface area contributed by atoms with Gasteiger partial charge in [-0.05, 0) is 11.4 Å². The summed E-state index contributed by atoms with van der Waals surface area (Å²) in [4.78, 5) is 9.25. The largest absolute Gasteiger partial charge is 0.271 e. The molecule has 78 valence electrons. The molecule has 0 fully saturated rings. The van der Waals surface area contributed by atoms with Crippen LogP contribution in [0.1, 0.15) is 16.5 Å². The number of hydrogen-bond acceptors (Lipinski definition) is 5. The summed E-state index contributed by atoms with van der Waals surface area (Å²) in [6.45, 7) is 0. The highest BCUT2D eigenvalue weighted by Gasteiger charge is 2.11. The van der Waals surface area contributed by atoms with E-state index in [9.17, 15) is 0 Å². The maximum absolute atomic E-state index is 5.52. The third-order valence-corrected chi connectivity index (χ3v) is 3.07. The molecule has 2 aromatic heterocycles. The maximum atomic E-state index is 5.52. The number of aromatic nitrogens is 2. The monoisotopic (exact) mass is 220 g/mol. The molecule has 1 atom stereocenters. The van der Waals surface area contributed by atoms with Gasteiger partial charge in [-0.1, -0.05) is 6.07 Å². The summed E-state index contributed by atoms with van der Waals surface area (Å²) in [5.74, 6) is 5.52. The van der Waals surface area contributed by atoms with Gasteiger partial charge in [0.1, 0.15) is 6.33 Å². The van der Waals surface area contributed by atoms with Crippen LogP contribution in [0.25, 0.3) is 0 Å².